The number of hydrogen-bond acceptors (Lipinski definition) is 3. The molecular weight excluding hydrogens is 394 g/mol. The number of halogens is 1. The number of benzene rings is 2. The van der Waals surface area contributed by atoms with Crippen molar-refractivity contribution in [1.82, 2.24) is 4.31 Å². The van der Waals surface area contributed by atoms with E-state index in [0.717, 1.165) is 6.42 Å². The van der Waals surface area contributed by atoms with Crippen molar-refractivity contribution >= 4 is 21.6 Å². The monoisotopic (exact) mass is 423 g/mol. The van der Waals surface area contributed by atoms with Crippen LogP contribution in [-0.4, -0.2) is 36.5 Å². The molecule has 4 nitrogen and oxygen atoms in total. The lowest BCUT2D eigenvalue weighted by Gasteiger charge is -2.35. The number of aliphatic hydroxyl groups excluding tert-OH is 1. The molecule has 0 saturated heterocycles. The fraction of sp³-hybridized carbons (Fsp3) is 0.455. The second-order valence-corrected chi connectivity index (χ2v) is 9.91. The standard InChI is InChI=1S/C22H30ClNO3S/c1-17(2)15-21(16-25)24(18(3)9-10-19-7-5-4-6-8-19)28(26,27)22-13-11-20(23)12-14-22/h4-8,11-14,17-18,21,25H,9-10,15-16H2,1-3H3/t18?,21-/m1/s1. The van der Waals surface area contributed by atoms with E-state index < -0.39 is 16.1 Å². The summed E-state index contributed by atoms with van der Waals surface area (Å²) >= 11 is 5.93. The molecule has 0 fully saturated rings. The minimum Gasteiger partial charge on any atom is -0.395 e. The van der Waals surface area contributed by atoms with Gasteiger partial charge in [0.05, 0.1) is 11.5 Å². The average Bonchev–Trinajstić information content (AvgIpc) is 2.66. The van der Waals surface area contributed by atoms with Gasteiger partial charge < -0.3 is 5.11 Å². The summed E-state index contributed by atoms with van der Waals surface area (Å²) in [6.07, 6.45) is 2.04. The van der Waals surface area contributed by atoms with E-state index in [0.29, 0.717) is 17.9 Å². The number of aliphatic hydroxyl groups is 1. The molecule has 28 heavy (non-hydrogen) atoms. The van der Waals surface area contributed by atoms with Crippen LogP contribution >= 0.6 is 11.6 Å². The highest BCUT2D eigenvalue weighted by molar-refractivity contribution is 7.89. The van der Waals surface area contributed by atoms with E-state index in [-0.39, 0.29) is 23.5 Å². The summed E-state index contributed by atoms with van der Waals surface area (Å²) in [4.78, 5) is 0.200. The molecule has 6 heteroatoms. The molecule has 0 heterocycles. The Labute approximate surface area is 174 Å². The van der Waals surface area contributed by atoms with Gasteiger partial charge in [0.15, 0.2) is 0 Å². The lowest BCUT2D eigenvalue weighted by atomic mass is 10.0. The minimum atomic E-state index is -3.76. The maximum atomic E-state index is 13.5. The fourth-order valence-corrected chi connectivity index (χ4v) is 5.45. The summed E-state index contributed by atoms with van der Waals surface area (Å²) in [5.74, 6) is 0.265. The first kappa shape index (κ1) is 22.9. The van der Waals surface area contributed by atoms with E-state index >= 15 is 0 Å². The van der Waals surface area contributed by atoms with Crippen molar-refractivity contribution in [2.45, 2.75) is 57.0 Å². The second-order valence-electron chi connectivity index (χ2n) is 7.63. The molecule has 2 aromatic rings. The zero-order valence-corrected chi connectivity index (χ0v) is 18.3. The van der Waals surface area contributed by atoms with Crippen LogP contribution in [0.2, 0.25) is 5.02 Å². The molecule has 0 saturated carbocycles. The van der Waals surface area contributed by atoms with Crippen LogP contribution in [0.3, 0.4) is 0 Å². The molecular formula is C22H30ClNO3S. The fourth-order valence-electron chi connectivity index (χ4n) is 3.47. The third-order valence-electron chi connectivity index (χ3n) is 4.83. The van der Waals surface area contributed by atoms with Crippen LogP contribution in [0.4, 0.5) is 0 Å². The Morgan fingerprint density at radius 3 is 2.14 bits per heavy atom. The lowest BCUT2D eigenvalue weighted by molar-refractivity contribution is 0.142. The molecule has 0 bridgehead atoms. The lowest BCUT2D eigenvalue weighted by Crippen LogP contribution is -2.48. The molecule has 0 aliphatic heterocycles. The van der Waals surface area contributed by atoms with E-state index in [9.17, 15) is 13.5 Å². The van der Waals surface area contributed by atoms with Gasteiger partial charge in [0.1, 0.15) is 0 Å². The summed E-state index contributed by atoms with van der Waals surface area (Å²) in [6.45, 7) is 5.77. The van der Waals surface area contributed by atoms with Gasteiger partial charge >= 0.3 is 0 Å². The van der Waals surface area contributed by atoms with Gasteiger partial charge in [-0.1, -0.05) is 55.8 Å². The quantitative estimate of drug-likeness (QED) is 0.599. The van der Waals surface area contributed by atoms with Gasteiger partial charge in [0, 0.05) is 17.1 Å². The Morgan fingerprint density at radius 2 is 1.61 bits per heavy atom. The number of rotatable bonds is 10. The van der Waals surface area contributed by atoms with Crippen LogP contribution in [-0.2, 0) is 16.4 Å². The summed E-state index contributed by atoms with van der Waals surface area (Å²) in [5, 5.41) is 10.5. The van der Waals surface area contributed by atoms with Crippen molar-refractivity contribution < 1.29 is 13.5 Å². The molecule has 2 aromatic carbocycles. The predicted octanol–water partition coefficient (Wildman–Crippen LogP) is 4.76. The summed E-state index contributed by atoms with van der Waals surface area (Å²) in [7, 11) is -3.76. The smallest absolute Gasteiger partial charge is 0.243 e. The van der Waals surface area contributed by atoms with E-state index in [2.05, 4.69) is 0 Å². The first-order valence-electron chi connectivity index (χ1n) is 9.69. The Hall–Kier alpha value is -1.40. The average molecular weight is 424 g/mol. The number of nitrogens with zero attached hydrogens (tertiary/aromatic N) is 1. The molecule has 1 N–H and O–H groups in total. The zero-order chi connectivity index (χ0) is 20.7. The normalized spacial score (nSPS) is 14.4. The number of hydrogen-bond donors (Lipinski definition) is 1. The topological polar surface area (TPSA) is 57.6 Å². The SMILES string of the molecule is CC(C)C[C@H](CO)N(C(C)CCc1ccccc1)S(=O)(=O)c1ccc(Cl)cc1. The molecule has 0 aromatic heterocycles. The highest BCUT2D eigenvalue weighted by atomic mass is 35.5. The van der Waals surface area contributed by atoms with Crippen LogP contribution in [0.15, 0.2) is 59.5 Å². The number of sulfonamides is 1. The highest BCUT2D eigenvalue weighted by Gasteiger charge is 2.35. The van der Waals surface area contributed by atoms with Crippen LogP contribution < -0.4 is 0 Å². The molecule has 0 amide bonds. The zero-order valence-electron chi connectivity index (χ0n) is 16.8. The van der Waals surface area contributed by atoms with Gasteiger partial charge in [-0.15, -0.1) is 0 Å². The summed E-state index contributed by atoms with van der Waals surface area (Å²) < 4.78 is 28.4. The first-order valence-corrected chi connectivity index (χ1v) is 11.5. The van der Waals surface area contributed by atoms with Gasteiger partial charge in [0.2, 0.25) is 10.0 Å². The molecule has 0 spiro atoms. The first-order chi connectivity index (χ1) is 13.3. The van der Waals surface area contributed by atoms with Crippen molar-refractivity contribution in [2.75, 3.05) is 6.61 Å². The highest BCUT2D eigenvalue weighted by Crippen LogP contribution is 2.27. The summed E-state index contributed by atoms with van der Waals surface area (Å²) in [6, 6.07) is 15.5. The Morgan fingerprint density at radius 1 is 1.00 bits per heavy atom. The van der Waals surface area contributed by atoms with Gasteiger partial charge in [-0.2, -0.15) is 4.31 Å². The Bertz CT molecular complexity index is 823. The van der Waals surface area contributed by atoms with Crippen LogP contribution in [0.25, 0.3) is 0 Å². The maximum Gasteiger partial charge on any atom is 0.243 e. The van der Waals surface area contributed by atoms with E-state index in [1.807, 2.05) is 51.1 Å². The van der Waals surface area contributed by atoms with E-state index in [4.69, 9.17) is 11.6 Å². The minimum absolute atomic E-state index is 0.200. The van der Waals surface area contributed by atoms with Gasteiger partial charge in [0.25, 0.3) is 0 Å². The molecule has 154 valence electrons. The molecule has 1 unspecified atom stereocenters. The maximum absolute atomic E-state index is 13.5. The van der Waals surface area contributed by atoms with E-state index in [1.165, 1.54) is 22.0 Å². The third-order valence-corrected chi connectivity index (χ3v) is 7.16. The van der Waals surface area contributed by atoms with Crippen LogP contribution in [0.5, 0.6) is 0 Å². The van der Waals surface area contributed by atoms with Crippen molar-refractivity contribution in [3.8, 4) is 0 Å². The van der Waals surface area contributed by atoms with Crippen LogP contribution in [0, 0.1) is 5.92 Å². The second kappa shape index (κ2) is 10.4. The molecule has 2 atom stereocenters. The van der Waals surface area contributed by atoms with Gasteiger partial charge in [-0.3, -0.25) is 0 Å². The van der Waals surface area contributed by atoms with Crippen molar-refractivity contribution in [3.05, 3.63) is 65.2 Å². The van der Waals surface area contributed by atoms with E-state index in [1.54, 1.807) is 12.1 Å². The van der Waals surface area contributed by atoms with Crippen molar-refractivity contribution in [1.29, 1.82) is 0 Å². The predicted molar refractivity (Wildman–Crippen MR) is 115 cm³/mol. The molecule has 2 rings (SSSR count). The molecule has 0 aliphatic carbocycles. The largest absolute Gasteiger partial charge is 0.395 e. The van der Waals surface area contributed by atoms with Gasteiger partial charge in [-0.05, 0) is 61.9 Å². The number of aryl methyl sites for hydroxylation is 1. The molecule has 0 radical (unpaired) electrons. The third kappa shape index (κ3) is 6.05. The van der Waals surface area contributed by atoms with Crippen molar-refractivity contribution in [2.24, 2.45) is 5.92 Å². The van der Waals surface area contributed by atoms with Gasteiger partial charge in [-0.25, -0.2) is 8.42 Å². The van der Waals surface area contributed by atoms with Crippen molar-refractivity contribution in [3.63, 3.8) is 0 Å². The Balaban J connectivity index is 2.33. The Kier molecular flexibility index (Phi) is 8.50. The summed E-state index contributed by atoms with van der Waals surface area (Å²) in [5.41, 5.74) is 1.17. The molecule has 0 aliphatic rings. The van der Waals surface area contributed by atoms with Crippen LogP contribution in [0.1, 0.15) is 39.2 Å².